The van der Waals surface area contributed by atoms with E-state index in [1.54, 1.807) is 17.0 Å². The molecule has 0 saturated carbocycles. The third kappa shape index (κ3) is 3.46. The van der Waals surface area contributed by atoms with Crippen molar-refractivity contribution >= 4 is 17.5 Å². The fourth-order valence-corrected chi connectivity index (χ4v) is 4.18. The highest BCUT2D eigenvalue weighted by molar-refractivity contribution is 5.68. The maximum Gasteiger partial charge on any atom is 0.410 e. The fraction of sp³-hybridized carbons (Fsp3) is 0.611. The summed E-state index contributed by atoms with van der Waals surface area (Å²) in [5.74, 6) is 0.519. The summed E-state index contributed by atoms with van der Waals surface area (Å²) in [6.45, 7) is 5.76. The average Bonchev–Trinajstić information content (AvgIpc) is 2.69. The topological polar surface area (TPSA) is 79.2 Å². The van der Waals surface area contributed by atoms with Gasteiger partial charge in [-0.15, -0.1) is 0 Å². The zero-order valence-electron chi connectivity index (χ0n) is 14.7. The molecule has 4 aliphatic heterocycles. The van der Waals surface area contributed by atoms with Crippen LogP contribution in [0.1, 0.15) is 12.8 Å². The van der Waals surface area contributed by atoms with Crippen LogP contribution in [-0.2, 0) is 4.74 Å². The average molecular weight is 360 g/mol. The van der Waals surface area contributed by atoms with E-state index in [9.17, 15) is 14.9 Å². The molecule has 8 nitrogen and oxygen atoms in total. The SMILES string of the molecule is O=C(O[C@@H]1CN2CCC1CC2)N1CCN(c2ccc([N+](=O)[O-])cc2)CC1. The molecule has 26 heavy (non-hydrogen) atoms. The number of nitro benzene ring substituents is 1. The van der Waals surface area contributed by atoms with E-state index in [0.29, 0.717) is 32.1 Å². The normalized spacial score (nSPS) is 28.1. The van der Waals surface area contributed by atoms with Crippen molar-refractivity contribution in [3.8, 4) is 0 Å². The van der Waals surface area contributed by atoms with Gasteiger partial charge in [0, 0.05) is 50.5 Å². The Morgan fingerprint density at radius 1 is 1.04 bits per heavy atom. The van der Waals surface area contributed by atoms with Crippen molar-refractivity contribution in [2.45, 2.75) is 18.9 Å². The number of piperidine rings is 3. The van der Waals surface area contributed by atoms with E-state index >= 15 is 0 Å². The van der Waals surface area contributed by atoms with Gasteiger partial charge in [0.05, 0.1) is 4.92 Å². The lowest BCUT2D eigenvalue weighted by molar-refractivity contribution is -0.384. The van der Waals surface area contributed by atoms with Crippen LogP contribution in [0, 0.1) is 16.0 Å². The summed E-state index contributed by atoms with van der Waals surface area (Å²) in [6.07, 6.45) is 2.10. The molecule has 1 aromatic rings. The van der Waals surface area contributed by atoms with Gasteiger partial charge in [-0.3, -0.25) is 15.0 Å². The highest BCUT2D eigenvalue weighted by Crippen LogP contribution is 2.30. The van der Waals surface area contributed by atoms with Crippen molar-refractivity contribution in [1.82, 2.24) is 9.80 Å². The second-order valence-electron chi connectivity index (χ2n) is 7.31. The van der Waals surface area contributed by atoms with Crippen LogP contribution in [0.25, 0.3) is 0 Å². The Morgan fingerprint density at radius 2 is 1.69 bits per heavy atom. The molecule has 0 aromatic heterocycles. The fourth-order valence-electron chi connectivity index (χ4n) is 4.18. The first-order valence-corrected chi connectivity index (χ1v) is 9.27. The molecule has 1 atom stereocenters. The van der Waals surface area contributed by atoms with Crippen molar-refractivity contribution in [1.29, 1.82) is 0 Å². The number of non-ortho nitro benzene ring substituents is 1. The van der Waals surface area contributed by atoms with Crippen LogP contribution >= 0.6 is 0 Å². The number of anilines is 1. The molecule has 140 valence electrons. The molecular weight excluding hydrogens is 336 g/mol. The lowest BCUT2D eigenvalue weighted by Crippen LogP contribution is -2.54. The second kappa shape index (κ2) is 7.11. The van der Waals surface area contributed by atoms with Gasteiger partial charge < -0.3 is 14.5 Å². The lowest BCUT2D eigenvalue weighted by Gasteiger charge is -2.44. The molecule has 4 heterocycles. The summed E-state index contributed by atoms with van der Waals surface area (Å²) in [5.41, 5.74) is 1.04. The zero-order chi connectivity index (χ0) is 18.1. The van der Waals surface area contributed by atoms with Crippen LogP contribution in [0.5, 0.6) is 0 Å². The molecule has 2 bridgehead atoms. The number of amides is 1. The van der Waals surface area contributed by atoms with E-state index in [4.69, 9.17) is 4.74 Å². The predicted octanol–water partition coefficient (Wildman–Crippen LogP) is 1.95. The van der Waals surface area contributed by atoms with Gasteiger partial charge in [-0.2, -0.15) is 0 Å². The first-order chi connectivity index (χ1) is 12.6. The Balaban J connectivity index is 1.29. The van der Waals surface area contributed by atoms with Gasteiger partial charge in [0.25, 0.3) is 5.69 Å². The third-order valence-corrected chi connectivity index (χ3v) is 5.81. The number of nitro groups is 1. The molecule has 8 heteroatoms. The minimum Gasteiger partial charge on any atom is -0.444 e. The number of fused-ring (bicyclic) bond motifs is 3. The van der Waals surface area contributed by atoms with Gasteiger partial charge in [-0.25, -0.2) is 4.79 Å². The molecule has 0 spiro atoms. The van der Waals surface area contributed by atoms with E-state index in [0.717, 1.165) is 38.2 Å². The Morgan fingerprint density at radius 3 is 2.23 bits per heavy atom. The van der Waals surface area contributed by atoms with Gasteiger partial charge in [-0.05, 0) is 44.0 Å². The van der Waals surface area contributed by atoms with E-state index in [1.165, 1.54) is 12.1 Å². The minimum atomic E-state index is -0.397. The molecule has 0 N–H and O–H groups in total. The Bertz CT molecular complexity index is 664. The van der Waals surface area contributed by atoms with E-state index in [-0.39, 0.29) is 17.9 Å². The predicted molar refractivity (Wildman–Crippen MR) is 96.3 cm³/mol. The molecular formula is C18H24N4O4. The summed E-state index contributed by atoms with van der Waals surface area (Å²) in [6, 6.07) is 6.56. The molecule has 1 aromatic carbocycles. The molecule has 1 amide bonds. The van der Waals surface area contributed by atoms with Crippen LogP contribution in [0.3, 0.4) is 0 Å². The van der Waals surface area contributed by atoms with E-state index < -0.39 is 4.92 Å². The zero-order valence-corrected chi connectivity index (χ0v) is 14.7. The molecule has 4 aliphatic rings. The number of hydrogen-bond donors (Lipinski definition) is 0. The summed E-state index contributed by atoms with van der Waals surface area (Å²) >= 11 is 0. The van der Waals surface area contributed by atoms with E-state index in [1.807, 2.05) is 0 Å². The van der Waals surface area contributed by atoms with Gasteiger partial charge in [0.15, 0.2) is 0 Å². The van der Waals surface area contributed by atoms with Gasteiger partial charge in [0.2, 0.25) is 0 Å². The van der Waals surface area contributed by atoms with Gasteiger partial charge in [0.1, 0.15) is 6.10 Å². The lowest BCUT2D eigenvalue weighted by atomic mass is 9.86. The highest BCUT2D eigenvalue weighted by atomic mass is 16.6. The molecule has 0 unspecified atom stereocenters. The Hall–Kier alpha value is -2.35. The van der Waals surface area contributed by atoms with Gasteiger partial charge in [-0.1, -0.05) is 0 Å². The van der Waals surface area contributed by atoms with Crippen molar-refractivity contribution in [2.24, 2.45) is 5.92 Å². The Kier molecular flexibility index (Phi) is 4.67. The third-order valence-electron chi connectivity index (χ3n) is 5.81. The minimum absolute atomic E-state index is 0.0395. The van der Waals surface area contributed by atoms with Crippen LogP contribution in [0.4, 0.5) is 16.2 Å². The standard InChI is InChI=1S/C18H24N4O4/c23-18(26-17-13-19-7-5-14(17)6-8-19)21-11-9-20(10-12-21)15-1-3-16(4-2-15)22(24)25/h1-4,14,17H,5-13H2/t17-/m1/s1. The maximum absolute atomic E-state index is 12.5. The van der Waals surface area contributed by atoms with Gasteiger partial charge >= 0.3 is 6.09 Å². The summed E-state index contributed by atoms with van der Waals surface area (Å²) in [7, 11) is 0. The van der Waals surface area contributed by atoms with E-state index in [2.05, 4.69) is 9.80 Å². The number of piperazine rings is 1. The second-order valence-corrected chi connectivity index (χ2v) is 7.31. The van der Waals surface area contributed by atoms with Crippen LogP contribution in [0.2, 0.25) is 0 Å². The first kappa shape index (κ1) is 17.1. The van der Waals surface area contributed by atoms with Crippen LogP contribution < -0.4 is 4.90 Å². The smallest absolute Gasteiger partial charge is 0.410 e. The first-order valence-electron chi connectivity index (χ1n) is 9.27. The molecule has 0 radical (unpaired) electrons. The summed E-state index contributed by atoms with van der Waals surface area (Å²) < 4.78 is 5.80. The number of rotatable bonds is 3. The number of carbonyl (C=O) groups excluding carboxylic acids is 1. The van der Waals surface area contributed by atoms with Crippen molar-refractivity contribution in [3.63, 3.8) is 0 Å². The summed E-state index contributed by atoms with van der Waals surface area (Å²) in [5, 5.41) is 10.7. The summed E-state index contributed by atoms with van der Waals surface area (Å²) in [4.78, 5) is 29.1. The van der Waals surface area contributed by atoms with Crippen LogP contribution in [-0.4, -0.2) is 72.7 Å². The highest BCUT2D eigenvalue weighted by Gasteiger charge is 2.37. The monoisotopic (exact) mass is 360 g/mol. The van der Waals surface area contributed by atoms with Crippen molar-refractivity contribution in [3.05, 3.63) is 34.4 Å². The molecule has 4 fully saturated rings. The largest absolute Gasteiger partial charge is 0.444 e. The van der Waals surface area contributed by atoms with Crippen molar-refractivity contribution in [2.75, 3.05) is 50.7 Å². The number of nitrogens with zero attached hydrogens (tertiary/aromatic N) is 4. The maximum atomic E-state index is 12.5. The number of benzene rings is 1. The quantitative estimate of drug-likeness (QED) is 0.605. The van der Waals surface area contributed by atoms with Crippen LogP contribution in [0.15, 0.2) is 24.3 Å². The molecule has 5 rings (SSSR count). The Labute approximate surface area is 152 Å². The van der Waals surface area contributed by atoms with Crippen molar-refractivity contribution < 1.29 is 14.5 Å². The number of hydrogen-bond acceptors (Lipinski definition) is 6. The number of carbonyl (C=O) groups is 1. The molecule has 0 aliphatic carbocycles. The molecule has 4 saturated heterocycles. The number of ether oxygens (including phenoxy) is 1.